The van der Waals surface area contributed by atoms with E-state index in [0.717, 1.165) is 50.3 Å². The molecule has 0 radical (unpaired) electrons. The van der Waals surface area contributed by atoms with Gasteiger partial charge in [-0.05, 0) is 55.4 Å². The number of nitrogens with zero attached hydrogens (tertiary/aromatic N) is 2. The van der Waals surface area contributed by atoms with Gasteiger partial charge in [-0.3, -0.25) is 4.79 Å². The quantitative estimate of drug-likeness (QED) is 0.898. The first-order valence-electron chi connectivity index (χ1n) is 9.13. The van der Waals surface area contributed by atoms with Crippen molar-refractivity contribution in [2.45, 2.75) is 31.7 Å². The maximum Gasteiger partial charge on any atom is 0.321 e. The largest absolute Gasteiger partial charge is 0.497 e. The summed E-state index contributed by atoms with van der Waals surface area (Å²) in [5.74, 6) is 1.90. The van der Waals surface area contributed by atoms with E-state index in [1.807, 2.05) is 29.2 Å². The number of hydrogen-bond donors (Lipinski definition) is 1. The van der Waals surface area contributed by atoms with Gasteiger partial charge in [-0.15, -0.1) is 0 Å². The minimum absolute atomic E-state index is 0.0459. The van der Waals surface area contributed by atoms with Crippen molar-refractivity contribution in [3.8, 4) is 5.75 Å². The Labute approximate surface area is 148 Å². The zero-order chi connectivity index (χ0) is 17.4. The van der Waals surface area contributed by atoms with Crippen LogP contribution in [0.3, 0.4) is 0 Å². The number of anilines is 1. The van der Waals surface area contributed by atoms with E-state index in [1.54, 1.807) is 7.11 Å². The number of hydrogen-bond acceptors (Lipinski definition) is 3. The summed E-state index contributed by atoms with van der Waals surface area (Å²) in [4.78, 5) is 28.9. The summed E-state index contributed by atoms with van der Waals surface area (Å²) in [6, 6.07) is 7.66. The van der Waals surface area contributed by atoms with Gasteiger partial charge in [0, 0.05) is 37.8 Å². The maximum atomic E-state index is 12.7. The van der Waals surface area contributed by atoms with Crippen LogP contribution in [0.4, 0.5) is 10.5 Å². The van der Waals surface area contributed by atoms with Crippen LogP contribution in [-0.4, -0.2) is 54.5 Å². The average Bonchev–Trinajstić information content (AvgIpc) is 2.63. The molecule has 6 heteroatoms. The second-order valence-corrected chi connectivity index (χ2v) is 7.43. The number of benzene rings is 1. The first-order valence-corrected chi connectivity index (χ1v) is 9.13. The van der Waals surface area contributed by atoms with Crippen LogP contribution in [0.2, 0.25) is 0 Å². The number of carbonyl (C=O) groups is 2. The molecule has 0 saturated carbocycles. The predicted molar refractivity (Wildman–Crippen MR) is 94.5 cm³/mol. The van der Waals surface area contributed by atoms with Gasteiger partial charge < -0.3 is 19.9 Å². The minimum atomic E-state index is -0.0459. The molecule has 2 unspecified atom stereocenters. The number of likely N-dealkylation sites (tertiary alicyclic amines) is 1. The van der Waals surface area contributed by atoms with Crippen LogP contribution in [0.25, 0.3) is 0 Å². The van der Waals surface area contributed by atoms with Crippen molar-refractivity contribution in [1.82, 2.24) is 9.80 Å². The van der Waals surface area contributed by atoms with Crippen LogP contribution >= 0.6 is 0 Å². The van der Waals surface area contributed by atoms with Crippen LogP contribution in [0.15, 0.2) is 24.3 Å². The third kappa shape index (κ3) is 3.17. The van der Waals surface area contributed by atoms with E-state index in [2.05, 4.69) is 10.2 Å². The number of amides is 3. The molecule has 0 spiro atoms. The van der Waals surface area contributed by atoms with Gasteiger partial charge in [-0.25, -0.2) is 4.79 Å². The molecule has 0 aromatic heterocycles. The van der Waals surface area contributed by atoms with Crippen LogP contribution in [0, 0.1) is 11.8 Å². The molecule has 1 aromatic rings. The Morgan fingerprint density at radius 2 is 2.00 bits per heavy atom. The summed E-state index contributed by atoms with van der Waals surface area (Å²) in [6.07, 6.45) is 3.90. The molecule has 3 aliphatic heterocycles. The van der Waals surface area contributed by atoms with Crippen molar-refractivity contribution in [3.05, 3.63) is 24.3 Å². The molecule has 134 valence electrons. The lowest BCUT2D eigenvalue weighted by atomic mass is 9.76. The standard InChI is InChI=1S/C19H25N3O3/c1-25-16-7-5-15(6-8-16)20-19(24)21-10-13-9-14(12-21)17-3-2-4-18(23)22(17)11-13/h5-8,13-14,17H,2-4,9-12H2,1H3,(H,20,24)/t13?,14?,17-/m1/s1. The van der Waals surface area contributed by atoms with Gasteiger partial charge >= 0.3 is 6.03 Å². The maximum absolute atomic E-state index is 12.7. The molecule has 6 nitrogen and oxygen atoms in total. The molecule has 3 heterocycles. The first kappa shape index (κ1) is 16.2. The SMILES string of the molecule is COc1ccc(NC(=O)N2CC3CC(C2)[C@H]2CCCC(=O)N2C3)cc1. The summed E-state index contributed by atoms with van der Waals surface area (Å²) in [5, 5.41) is 2.98. The van der Waals surface area contributed by atoms with Crippen molar-refractivity contribution in [2.24, 2.45) is 11.8 Å². The number of urea groups is 1. The summed E-state index contributed by atoms with van der Waals surface area (Å²) in [5.41, 5.74) is 0.774. The Hall–Kier alpha value is -2.24. The summed E-state index contributed by atoms with van der Waals surface area (Å²) < 4.78 is 5.14. The lowest BCUT2D eigenvalue weighted by molar-refractivity contribution is -0.144. The smallest absolute Gasteiger partial charge is 0.321 e. The Bertz CT molecular complexity index is 660. The van der Waals surface area contributed by atoms with E-state index in [0.29, 0.717) is 30.2 Å². The Kier molecular flexibility index (Phi) is 4.27. The number of methoxy groups -OCH3 is 1. The van der Waals surface area contributed by atoms with E-state index in [-0.39, 0.29) is 6.03 Å². The van der Waals surface area contributed by atoms with Gasteiger partial charge in [0.25, 0.3) is 0 Å². The number of nitrogens with one attached hydrogen (secondary N) is 1. The van der Waals surface area contributed by atoms with E-state index in [9.17, 15) is 9.59 Å². The molecule has 3 amide bonds. The fourth-order valence-corrected chi connectivity index (χ4v) is 4.65. The van der Waals surface area contributed by atoms with Gasteiger partial charge in [0.05, 0.1) is 7.11 Å². The van der Waals surface area contributed by atoms with Gasteiger partial charge in [0.1, 0.15) is 5.75 Å². The number of piperidine rings is 3. The Balaban J connectivity index is 1.42. The predicted octanol–water partition coefficient (Wildman–Crippen LogP) is 2.56. The molecule has 3 aliphatic rings. The number of ether oxygens (including phenoxy) is 1. The average molecular weight is 343 g/mol. The molecule has 3 fully saturated rings. The van der Waals surface area contributed by atoms with Gasteiger partial charge in [0.2, 0.25) is 5.91 Å². The summed E-state index contributed by atoms with van der Waals surface area (Å²) in [7, 11) is 1.62. The lowest BCUT2D eigenvalue weighted by Crippen LogP contribution is -2.61. The lowest BCUT2D eigenvalue weighted by Gasteiger charge is -2.52. The fraction of sp³-hybridized carbons (Fsp3) is 0.579. The van der Waals surface area contributed by atoms with Crippen molar-refractivity contribution >= 4 is 17.6 Å². The molecular weight excluding hydrogens is 318 g/mol. The molecule has 4 rings (SSSR count). The Morgan fingerprint density at radius 1 is 1.20 bits per heavy atom. The third-order valence-corrected chi connectivity index (χ3v) is 5.81. The second-order valence-electron chi connectivity index (χ2n) is 7.43. The highest BCUT2D eigenvalue weighted by Crippen LogP contribution is 2.38. The minimum Gasteiger partial charge on any atom is -0.497 e. The molecule has 3 atom stereocenters. The topological polar surface area (TPSA) is 61.9 Å². The highest BCUT2D eigenvalue weighted by atomic mass is 16.5. The molecule has 2 bridgehead atoms. The van der Waals surface area contributed by atoms with Crippen molar-refractivity contribution in [1.29, 1.82) is 0 Å². The van der Waals surface area contributed by atoms with Crippen LogP contribution in [0.5, 0.6) is 5.75 Å². The third-order valence-electron chi connectivity index (χ3n) is 5.81. The first-order chi connectivity index (χ1) is 12.1. The summed E-state index contributed by atoms with van der Waals surface area (Å²) in [6.45, 7) is 2.29. The Morgan fingerprint density at radius 3 is 2.76 bits per heavy atom. The second kappa shape index (κ2) is 6.58. The zero-order valence-electron chi connectivity index (χ0n) is 14.6. The molecule has 0 aliphatic carbocycles. The van der Waals surface area contributed by atoms with Gasteiger partial charge in [-0.2, -0.15) is 0 Å². The van der Waals surface area contributed by atoms with Gasteiger partial charge in [0.15, 0.2) is 0 Å². The monoisotopic (exact) mass is 343 g/mol. The van der Waals surface area contributed by atoms with Crippen molar-refractivity contribution in [2.75, 3.05) is 32.1 Å². The van der Waals surface area contributed by atoms with Gasteiger partial charge in [-0.1, -0.05) is 0 Å². The fourth-order valence-electron chi connectivity index (χ4n) is 4.65. The van der Waals surface area contributed by atoms with Crippen LogP contribution < -0.4 is 10.1 Å². The normalized spacial score (nSPS) is 28.4. The highest BCUT2D eigenvalue weighted by Gasteiger charge is 2.44. The molecule has 25 heavy (non-hydrogen) atoms. The van der Waals surface area contributed by atoms with Crippen LogP contribution in [0.1, 0.15) is 25.7 Å². The molecule has 1 N–H and O–H groups in total. The molecular formula is C19H25N3O3. The van der Waals surface area contributed by atoms with Crippen molar-refractivity contribution in [3.63, 3.8) is 0 Å². The van der Waals surface area contributed by atoms with Crippen molar-refractivity contribution < 1.29 is 14.3 Å². The van der Waals surface area contributed by atoms with E-state index >= 15 is 0 Å². The molecule has 3 saturated heterocycles. The zero-order valence-corrected chi connectivity index (χ0v) is 14.6. The van der Waals surface area contributed by atoms with E-state index < -0.39 is 0 Å². The molecule has 1 aromatic carbocycles. The van der Waals surface area contributed by atoms with Crippen LogP contribution in [-0.2, 0) is 4.79 Å². The number of fused-ring (bicyclic) bond motifs is 4. The van der Waals surface area contributed by atoms with E-state index in [1.165, 1.54) is 0 Å². The van der Waals surface area contributed by atoms with E-state index in [4.69, 9.17) is 4.74 Å². The highest BCUT2D eigenvalue weighted by molar-refractivity contribution is 5.89. The number of rotatable bonds is 2. The number of carbonyl (C=O) groups excluding carboxylic acids is 2. The summed E-state index contributed by atoms with van der Waals surface area (Å²) >= 11 is 0.